The van der Waals surface area contributed by atoms with Crippen LogP contribution in [0.5, 0.6) is 11.6 Å². The van der Waals surface area contributed by atoms with E-state index in [0.717, 1.165) is 12.0 Å². The first-order chi connectivity index (χ1) is 13.3. The van der Waals surface area contributed by atoms with Gasteiger partial charge in [-0.1, -0.05) is 0 Å². The summed E-state index contributed by atoms with van der Waals surface area (Å²) in [6, 6.07) is 5.78. The number of primary amides is 1. The Labute approximate surface area is 166 Å². The predicted molar refractivity (Wildman–Crippen MR) is 105 cm³/mol. The number of carbonyl (C=O) groups excluding carboxylic acids is 1. The fourth-order valence-electron chi connectivity index (χ4n) is 3.11. The molecule has 8 heteroatoms. The zero-order valence-corrected chi connectivity index (χ0v) is 16.6. The Morgan fingerprint density at radius 1 is 1.36 bits per heavy atom. The molecule has 0 spiro atoms. The Morgan fingerprint density at radius 3 is 2.86 bits per heavy atom. The molecule has 0 atom stereocenters. The molecule has 28 heavy (non-hydrogen) atoms. The zero-order valence-electron chi connectivity index (χ0n) is 15.8. The highest BCUT2D eigenvalue weighted by atomic mass is 32.2. The van der Waals surface area contributed by atoms with Crippen LogP contribution in [0.2, 0.25) is 0 Å². The normalized spacial score (nSPS) is 14.9. The molecule has 0 saturated carbocycles. The summed E-state index contributed by atoms with van der Waals surface area (Å²) >= 11 is 0.234. The molecule has 0 aliphatic carbocycles. The van der Waals surface area contributed by atoms with E-state index in [0.29, 0.717) is 41.4 Å². The van der Waals surface area contributed by atoms with Crippen LogP contribution in [0.25, 0.3) is 11.1 Å². The molecule has 2 N–H and O–H groups in total. The van der Waals surface area contributed by atoms with Crippen LogP contribution in [-0.4, -0.2) is 28.9 Å². The third-order valence-electron chi connectivity index (χ3n) is 4.55. The molecular formula is C20H22F2N2O3S. The second kappa shape index (κ2) is 8.34. The van der Waals surface area contributed by atoms with Crippen molar-refractivity contribution in [3.05, 3.63) is 41.3 Å². The van der Waals surface area contributed by atoms with Crippen LogP contribution >= 0.6 is 12.1 Å². The molecule has 1 aliphatic heterocycles. The van der Waals surface area contributed by atoms with E-state index >= 15 is 0 Å². The van der Waals surface area contributed by atoms with Gasteiger partial charge in [0.05, 0.1) is 6.61 Å². The third-order valence-corrected chi connectivity index (χ3v) is 4.99. The first-order valence-electron chi connectivity index (χ1n) is 9.00. The molecule has 0 bridgehead atoms. The van der Waals surface area contributed by atoms with Crippen molar-refractivity contribution in [3.63, 3.8) is 0 Å². The van der Waals surface area contributed by atoms with Crippen LogP contribution in [0.4, 0.5) is 8.28 Å². The van der Waals surface area contributed by atoms with Gasteiger partial charge in [-0.15, -0.1) is 0 Å². The number of nitrogens with two attached hydrogens (primary N) is 1. The quantitative estimate of drug-likeness (QED) is 0.684. The third kappa shape index (κ3) is 4.55. The Bertz CT molecular complexity index is 890. The minimum Gasteiger partial charge on any atom is -0.493 e. The van der Waals surface area contributed by atoms with Crippen molar-refractivity contribution in [3.8, 4) is 22.8 Å². The summed E-state index contributed by atoms with van der Waals surface area (Å²) in [5, 5.41) is 0. The monoisotopic (exact) mass is 408 g/mol. The van der Waals surface area contributed by atoms with E-state index in [4.69, 9.17) is 15.2 Å². The SMILES string of the molecule is CC1(C)CCc2c(-c3ccc(F)cc3OCCCSF)cc(C(N)=O)nc2O1. The van der Waals surface area contributed by atoms with E-state index in [1.165, 1.54) is 12.1 Å². The molecule has 2 heterocycles. The minimum absolute atomic E-state index is 0.0653. The maximum absolute atomic E-state index is 13.8. The molecular weight excluding hydrogens is 386 g/mol. The number of amides is 1. The number of halogens is 2. The second-order valence-corrected chi connectivity index (χ2v) is 7.85. The van der Waals surface area contributed by atoms with E-state index in [-0.39, 0.29) is 24.4 Å². The van der Waals surface area contributed by atoms with Gasteiger partial charge in [-0.25, -0.2) is 9.37 Å². The van der Waals surface area contributed by atoms with Crippen molar-refractivity contribution in [1.82, 2.24) is 4.98 Å². The Morgan fingerprint density at radius 2 is 2.14 bits per heavy atom. The lowest BCUT2D eigenvalue weighted by Crippen LogP contribution is -2.34. The number of hydrogen-bond acceptors (Lipinski definition) is 5. The Kier molecular flexibility index (Phi) is 6.07. The van der Waals surface area contributed by atoms with Crippen molar-refractivity contribution in [2.24, 2.45) is 5.73 Å². The molecule has 1 aliphatic rings. The average molecular weight is 408 g/mol. The second-order valence-electron chi connectivity index (χ2n) is 7.22. The van der Waals surface area contributed by atoms with Crippen LogP contribution in [0.1, 0.15) is 42.7 Å². The van der Waals surface area contributed by atoms with Gasteiger partial charge in [0.1, 0.15) is 22.9 Å². The van der Waals surface area contributed by atoms with E-state index in [1.807, 2.05) is 13.8 Å². The molecule has 1 aromatic carbocycles. The maximum atomic E-state index is 13.8. The van der Waals surface area contributed by atoms with Crippen LogP contribution in [0, 0.1) is 5.82 Å². The van der Waals surface area contributed by atoms with Gasteiger partial charge < -0.3 is 15.2 Å². The van der Waals surface area contributed by atoms with Gasteiger partial charge in [0.2, 0.25) is 5.88 Å². The summed E-state index contributed by atoms with van der Waals surface area (Å²) in [6.45, 7) is 4.14. The van der Waals surface area contributed by atoms with Gasteiger partial charge in [0, 0.05) is 35.1 Å². The highest BCUT2D eigenvalue weighted by Gasteiger charge is 2.31. The lowest BCUT2D eigenvalue weighted by atomic mass is 9.90. The lowest BCUT2D eigenvalue weighted by molar-refractivity contribution is 0.0774. The van der Waals surface area contributed by atoms with Crippen molar-refractivity contribution < 1.29 is 22.5 Å². The number of benzene rings is 1. The van der Waals surface area contributed by atoms with Crippen LogP contribution in [0.3, 0.4) is 0 Å². The number of ether oxygens (including phenoxy) is 2. The molecule has 1 amide bonds. The maximum Gasteiger partial charge on any atom is 0.267 e. The highest BCUT2D eigenvalue weighted by Crippen LogP contribution is 2.41. The van der Waals surface area contributed by atoms with Gasteiger partial charge in [-0.05, 0) is 56.9 Å². The predicted octanol–water partition coefficient (Wildman–Crippen LogP) is 4.48. The molecule has 5 nitrogen and oxygen atoms in total. The van der Waals surface area contributed by atoms with Crippen molar-refractivity contribution in [2.45, 2.75) is 38.7 Å². The van der Waals surface area contributed by atoms with Crippen LogP contribution < -0.4 is 15.2 Å². The molecule has 0 radical (unpaired) electrons. The molecule has 150 valence electrons. The summed E-state index contributed by atoms with van der Waals surface area (Å²) < 4.78 is 37.7. The first-order valence-corrected chi connectivity index (χ1v) is 9.88. The van der Waals surface area contributed by atoms with Crippen LogP contribution in [-0.2, 0) is 6.42 Å². The topological polar surface area (TPSA) is 74.4 Å². The summed E-state index contributed by atoms with van der Waals surface area (Å²) in [5.41, 5.74) is 7.20. The molecule has 0 unspecified atom stereocenters. The number of nitrogens with zero attached hydrogens (tertiary/aromatic N) is 1. The van der Waals surface area contributed by atoms with E-state index < -0.39 is 17.3 Å². The van der Waals surface area contributed by atoms with E-state index in [2.05, 4.69) is 4.98 Å². The van der Waals surface area contributed by atoms with Gasteiger partial charge in [0.15, 0.2) is 0 Å². The molecule has 0 saturated heterocycles. The summed E-state index contributed by atoms with van der Waals surface area (Å²) in [4.78, 5) is 16.1. The number of aromatic nitrogens is 1. The molecule has 2 aromatic rings. The zero-order chi connectivity index (χ0) is 20.3. The Balaban J connectivity index is 2.08. The molecule has 0 fully saturated rings. The number of rotatable bonds is 7. The lowest BCUT2D eigenvalue weighted by Gasteiger charge is -2.33. The van der Waals surface area contributed by atoms with E-state index in [1.54, 1.807) is 12.1 Å². The standard InChI is InChI=1S/C20H22F2N2O3S/c1-20(2)7-6-14-15(11-16(18(23)25)24-19(14)27-20)13-5-4-12(21)10-17(13)26-8-3-9-28-22/h4-5,10-11H,3,6-9H2,1-2H3,(H2,23,25). The molecule has 3 rings (SSSR count). The smallest absolute Gasteiger partial charge is 0.267 e. The number of fused-ring (bicyclic) bond motifs is 1. The summed E-state index contributed by atoms with van der Waals surface area (Å²) in [5.74, 6) is -0.164. The largest absolute Gasteiger partial charge is 0.493 e. The Hall–Kier alpha value is -2.35. The van der Waals surface area contributed by atoms with Crippen molar-refractivity contribution >= 4 is 18.1 Å². The van der Waals surface area contributed by atoms with Crippen LogP contribution in [0.15, 0.2) is 24.3 Å². The van der Waals surface area contributed by atoms with Crippen molar-refractivity contribution in [2.75, 3.05) is 12.4 Å². The van der Waals surface area contributed by atoms with E-state index in [9.17, 15) is 13.1 Å². The highest BCUT2D eigenvalue weighted by molar-refractivity contribution is 7.94. The molecule has 1 aromatic heterocycles. The number of carbonyl (C=O) groups is 1. The average Bonchev–Trinajstić information content (AvgIpc) is 2.63. The fourth-order valence-corrected chi connectivity index (χ4v) is 3.34. The summed E-state index contributed by atoms with van der Waals surface area (Å²) in [7, 11) is 0. The fraction of sp³-hybridized carbons (Fsp3) is 0.400. The van der Waals surface area contributed by atoms with Gasteiger partial charge >= 0.3 is 0 Å². The van der Waals surface area contributed by atoms with Gasteiger partial charge in [0.25, 0.3) is 5.91 Å². The number of pyridine rings is 1. The summed E-state index contributed by atoms with van der Waals surface area (Å²) in [6.07, 6.45) is 1.92. The first kappa shape index (κ1) is 20.4. The van der Waals surface area contributed by atoms with Crippen molar-refractivity contribution in [1.29, 1.82) is 0 Å². The number of hydrogen-bond donors (Lipinski definition) is 1. The van der Waals surface area contributed by atoms with Gasteiger partial charge in [-0.2, -0.15) is 3.89 Å². The minimum atomic E-state index is -0.680. The van der Waals surface area contributed by atoms with Gasteiger partial charge in [-0.3, -0.25) is 4.79 Å².